The zero-order chi connectivity index (χ0) is 15.1. The second-order valence-corrected chi connectivity index (χ2v) is 4.86. The van der Waals surface area contributed by atoms with Crippen molar-refractivity contribution >= 4 is 11.9 Å². The molecule has 1 aromatic heterocycles. The Hall–Kier alpha value is -2.40. The van der Waals surface area contributed by atoms with Gasteiger partial charge in [0.25, 0.3) is 0 Å². The summed E-state index contributed by atoms with van der Waals surface area (Å²) in [5, 5.41) is 0. The summed E-state index contributed by atoms with van der Waals surface area (Å²) in [5.41, 5.74) is 4.60. The molecule has 5 heteroatoms. The van der Waals surface area contributed by atoms with Crippen molar-refractivity contribution in [2.24, 2.45) is 5.84 Å². The molecule has 3 N–H and O–H groups in total. The molecular formula is C16H20N4O. The number of rotatable bonds is 6. The maximum absolute atomic E-state index is 5.73. The fraction of sp³-hybridized carbons (Fsp3) is 0.250. The lowest BCUT2D eigenvalue weighted by Crippen LogP contribution is -2.14. The highest BCUT2D eigenvalue weighted by Crippen LogP contribution is 2.29. The fourth-order valence-corrected chi connectivity index (χ4v) is 2.01. The molecule has 0 aliphatic carbocycles. The summed E-state index contributed by atoms with van der Waals surface area (Å²) in [4.78, 5) is 8.30. The Morgan fingerprint density at radius 1 is 1.24 bits per heavy atom. The predicted molar refractivity (Wildman–Crippen MR) is 84.9 cm³/mol. The van der Waals surface area contributed by atoms with Crippen molar-refractivity contribution in [1.82, 2.24) is 9.97 Å². The van der Waals surface area contributed by atoms with Gasteiger partial charge in [-0.15, -0.1) is 0 Å². The quantitative estimate of drug-likeness (QED) is 0.630. The van der Waals surface area contributed by atoms with Crippen molar-refractivity contribution in [1.29, 1.82) is 0 Å². The Morgan fingerprint density at radius 2 is 2.00 bits per heavy atom. The smallest absolute Gasteiger partial charge is 0.222 e. The SMILES string of the molecule is CC(C)c1c(NN)ncnc1OC/C=C/c1ccccc1. The van der Waals surface area contributed by atoms with Gasteiger partial charge in [0.15, 0.2) is 5.82 Å². The van der Waals surface area contributed by atoms with Crippen LogP contribution >= 0.6 is 0 Å². The van der Waals surface area contributed by atoms with Gasteiger partial charge in [-0.2, -0.15) is 0 Å². The number of nitrogens with zero attached hydrogens (tertiary/aromatic N) is 2. The zero-order valence-corrected chi connectivity index (χ0v) is 12.3. The van der Waals surface area contributed by atoms with E-state index in [1.165, 1.54) is 6.33 Å². The van der Waals surface area contributed by atoms with Gasteiger partial charge in [0, 0.05) is 0 Å². The van der Waals surface area contributed by atoms with Crippen LogP contribution in [0.4, 0.5) is 5.82 Å². The number of anilines is 1. The third-order valence-electron chi connectivity index (χ3n) is 2.99. The molecule has 5 nitrogen and oxygen atoms in total. The van der Waals surface area contributed by atoms with Crippen LogP contribution in [-0.2, 0) is 0 Å². The minimum absolute atomic E-state index is 0.213. The van der Waals surface area contributed by atoms with Crippen molar-refractivity contribution in [3.8, 4) is 5.88 Å². The van der Waals surface area contributed by atoms with Crippen LogP contribution in [0.25, 0.3) is 6.08 Å². The molecule has 1 heterocycles. The van der Waals surface area contributed by atoms with E-state index in [2.05, 4.69) is 15.4 Å². The van der Waals surface area contributed by atoms with Gasteiger partial charge in [-0.05, 0) is 17.6 Å². The van der Waals surface area contributed by atoms with Crippen molar-refractivity contribution in [2.45, 2.75) is 19.8 Å². The van der Waals surface area contributed by atoms with Crippen LogP contribution in [0, 0.1) is 0 Å². The number of hydrogen-bond acceptors (Lipinski definition) is 5. The Balaban J connectivity index is 2.05. The molecule has 0 unspecified atom stereocenters. The van der Waals surface area contributed by atoms with Gasteiger partial charge in [-0.3, -0.25) is 0 Å². The molecule has 0 aliphatic heterocycles. The number of hydrogen-bond donors (Lipinski definition) is 2. The van der Waals surface area contributed by atoms with E-state index in [0.29, 0.717) is 18.3 Å². The Bertz CT molecular complexity index is 596. The summed E-state index contributed by atoms with van der Waals surface area (Å²) in [6, 6.07) is 10.1. The third-order valence-corrected chi connectivity index (χ3v) is 2.99. The van der Waals surface area contributed by atoms with Crippen molar-refractivity contribution < 1.29 is 4.74 Å². The minimum Gasteiger partial charge on any atom is -0.473 e. The highest BCUT2D eigenvalue weighted by molar-refractivity contribution is 5.50. The van der Waals surface area contributed by atoms with Gasteiger partial charge < -0.3 is 10.2 Å². The Kier molecular flexibility index (Phi) is 5.29. The number of aromatic nitrogens is 2. The molecule has 0 fully saturated rings. The molecule has 0 saturated heterocycles. The molecule has 0 radical (unpaired) electrons. The van der Waals surface area contributed by atoms with Gasteiger partial charge in [-0.25, -0.2) is 15.8 Å². The number of benzene rings is 1. The van der Waals surface area contributed by atoms with E-state index in [0.717, 1.165) is 11.1 Å². The molecule has 2 aromatic rings. The highest BCUT2D eigenvalue weighted by atomic mass is 16.5. The van der Waals surface area contributed by atoms with E-state index < -0.39 is 0 Å². The molecule has 110 valence electrons. The standard InChI is InChI=1S/C16H20N4O/c1-12(2)14-15(20-17)18-11-19-16(14)21-10-6-9-13-7-4-3-5-8-13/h3-9,11-12H,10,17H2,1-2H3,(H,18,19,20)/b9-6+. The van der Waals surface area contributed by atoms with Gasteiger partial charge >= 0.3 is 0 Å². The molecular weight excluding hydrogens is 264 g/mol. The van der Waals surface area contributed by atoms with E-state index in [9.17, 15) is 0 Å². The molecule has 1 aromatic carbocycles. The second-order valence-electron chi connectivity index (χ2n) is 4.86. The fourth-order valence-electron chi connectivity index (χ4n) is 2.01. The summed E-state index contributed by atoms with van der Waals surface area (Å²) in [7, 11) is 0. The van der Waals surface area contributed by atoms with Crippen LogP contribution in [-0.4, -0.2) is 16.6 Å². The first-order chi connectivity index (χ1) is 10.2. The maximum atomic E-state index is 5.73. The van der Waals surface area contributed by atoms with E-state index in [1.54, 1.807) is 0 Å². The van der Waals surface area contributed by atoms with Gasteiger partial charge in [0.2, 0.25) is 5.88 Å². The average Bonchev–Trinajstić information content (AvgIpc) is 2.52. The number of hydrazine groups is 1. The lowest BCUT2D eigenvalue weighted by Gasteiger charge is -2.14. The maximum Gasteiger partial charge on any atom is 0.222 e. The lowest BCUT2D eigenvalue weighted by molar-refractivity contribution is 0.342. The molecule has 0 saturated carbocycles. The topological polar surface area (TPSA) is 73.1 Å². The summed E-state index contributed by atoms with van der Waals surface area (Å²) in [6.45, 7) is 4.54. The number of nitrogens with two attached hydrogens (primary N) is 1. The molecule has 0 amide bonds. The van der Waals surface area contributed by atoms with Gasteiger partial charge in [-0.1, -0.05) is 50.3 Å². The zero-order valence-electron chi connectivity index (χ0n) is 12.3. The highest BCUT2D eigenvalue weighted by Gasteiger charge is 2.15. The van der Waals surface area contributed by atoms with Crippen molar-refractivity contribution in [3.63, 3.8) is 0 Å². The first-order valence-corrected chi connectivity index (χ1v) is 6.88. The van der Waals surface area contributed by atoms with E-state index in [4.69, 9.17) is 10.6 Å². The van der Waals surface area contributed by atoms with Crippen LogP contribution in [0.5, 0.6) is 5.88 Å². The summed E-state index contributed by atoms with van der Waals surface area (Å²) < 4.78 is 5.73. The number of nitrogen functional groups attached to an aromatic ring is 1. The normalized spacial score (nSPS) is 11.0. The molecule has 21 heavy (non-hydrogen) atoms. The molecule has 0 spiro atoms. The summed E-state index contributed by atoms with van der Waals surface area (Å²) >= 11 is 0. The van der Waals surface area contributed by atoms with Crippen LogP contribution in [0.1, 0.15) is 30.9 Å². The lowest BCUT2D eigenvalue weighted by atomic mass is 10.1. The van der Waals surface area contributed by atoms with Crippen LogP contribution < -0.4 is 16.0 Å². The Labute approximate surface area is 124 Å². The molecule has 2 rings (SSSR count). The first-order valence-electron chi connectivity index (χ1n) is 6.88. The summed E-state index contributed by atoms with van der Waals surface area (Å²) in [6.07, 6.45) is 5.41. The second kappa shape index (κ2) is 7.40. The molecule has 0 aliphatic rings. The van der Waals surface area contributed by atoms with E-state index in [1.807, 2.05) is 56.3 Å². The van der Waals surface area contributed by atoms with Crippen LogP contribution in [0.2, 0.25) is 0 Å². The summed E-state index contributed by atoms with van der Waals surface area (Å²) in [5.74, 6) is 6.85. The first kappa shape index (κ1) is 15.0. The van der Waals surface area contributed by atoms with Crippen molar-refractivity contribution in [3.05, 3.63) is 53.9 Å². The third kappa shape index (κ3) is 4.03. The van der Waals surface area contributed by atoms with Gasteiger partial charge in [0.1, 0.15) is 12.9 Å². The monoisotopic (exact) mass is 284 g/mol. The van der Waals surface area contributed by atoms with E-state index >= 15 is 0 Å². The molecule has 0 bridgehead atoms. The van der Waals surface area contributed by atoms with Gasteiger partial charge in [0.05, 0.1) is 5.56 Å². The Morgan fingerprint density at radius 3 is 2.67 bits per heavy atom. The van der Waals surface area contributed by atoms with E-state index in [-0.39, 0.29) is 5.92 Å². The van der Waals surface area contributed by atoms with Crippen LogP contribution in [0.15, 0.2) is 42.7 Å². The number of nitrogens with one attached hydrogen (secondary N) is 1. The number of ether oxygens (including phenoxy) is 1. The average molecular weight is 284 g/mol. The van der Waals surface area contributed by atoms with Crippen LogP contribution in [0.3, 0.4) is 0 Å². The minimum atomic E-state index is 0.213. The largest absolute Gasteiger partial charge is 0.473 e. The van der Waals surface area contributed by atoms with Crippen molar-refractivity contribution in [2.75, 3.05) is 12.0 Å². The molecule has 0 atom stereocenters. The predicted octanol–water partition coefficient (Wildman–Crippen LogP) is 2.98.